The van der Waals surface area contributed by atoms with Crippen molar-refractivity contribution in [2.45, 2.75) is 37.3 Å². The van der Waals surface area contributed by atoms with E-state index in [0.717, 1.165) is 30.5 Å². The fourth-order valence-corrected chi connectivity index (χ4v) is 4.42. The predicted octanol–water partition coefficient (Wildman–Crippen LogP) is 2.75. The average molecular weight is 437 g/mol. The van der Waals surface area contributed by atoms with Crippen molar-refractivity contribution in [3.63, 3.8) is 0 Å². The minimum absolute atomic E-state index is 0.0525. The van der Waals surface area contributed by atoms with Crippen molar-refractivity contribution < 1.29 is 18.7 Å². The molecule has 2 heterocycles. The first-order chi connectivity index (χ1) is 15.4. The highest BCUT2D eigenvalue weighted by Crippen LogP contribution is 2.51. The number of hydrogen-bond donors (Lipinski definition) is 2. The van der Waals surface area contributed by atoms with Crippen LogP contribution in [0.5, 0.6) is 0 Å². The number of aliphatic hydroxyl groups is 1. The number of benzene rings is 2. The van der Waals surface area contributed by atoms with Crippen molar-refractivity contribution in [2.75, 3.05) is 6.54 Å². The van der Waals surface area contributed by atoms with Crippen LogP contribution in [0.1, 0.15) is 47.2 Å². The highest BCUT2D eigenvalue weighted by Gasteiger charge is 2.48. The van der Waals surface area contributed by atoms with E-state index in [-0.39, 0.29) is 24.1 Å². The molecule has 1 aliphatic carbocycles. The van der Waals surface area contributed by atoms with Gasteiger partial charge in [0, 0.05) is 18.5 Å². The Labute approximate surface area is 182 Å². The zero-order chi connectivity index (χ0) is 22.5. The van der Waals surface area contributed by atoms with E-state index in [9.17, 15) is 23.5 Å². The standard InChI is InChI=1S/C24H21F2N3O3/c25-17-8-4-7-15(19(17)26)20(30)22(32)29-12-9-18-16(13-29)21(31)28-23(27-18)24(10-11-24)14-5-2-1-3-6-14/h1-8,20,30H,9-13H2,(H,27,28,31)/t20-/m0/s1. The Morgan fingerprint density at radius 3 is 2.59 bits per heavy atom. The lowest BCUT2D eigenvalue weighted by Crippen LogP contribution is -2.42. The van der Waals surface area contributed by atoms with Gasteiger partial charge in [0.2, 0.25) is 0 Å². The van der Waals surface area contributed by atoms with Crippen molar-refractivity contribution >= 4 is 5.91 Å². The molecule has 0 unspecified atom stereocenters. The SMILES string of the molecule is O=C([C@@H](O)c1cccc(F)c1F)N1CCc2nc(C3(c4ccccc4)CC3)[nH]c(=O)c2C1. The topological polar surface area (TPSA) is 86.3 Å². The van der Waals surface area contributed by atoms with E-state index in [1.54, 1.807) is 0 Å². The van der Waals surface area contributed by atoms with Crippen molar-refractivity contribution in [3.05, 3.63) is 98.7 Å². The molecule has 0 radical (unpaired) electrons. The Balaban J connectivity index is 1.41. The number of aliphatic hydroxyl groups excluding tert-OH is 1. The number of hydrogen-bond acceptors (Lipinski definition) is 4. The van der Waals surface area contributed by atoms with Crippen molar-refractivity contribution in [1.29, 1.82) is 0 Å². The van der Waals surface area contributed by atoms with Gasteiger partial charge in [-0.1, -0.05) is 42.5 Å². The van der Waals surface area contributed by atoms with Gasteiger partial charge in [0.05, 0.1) is 23.2 Å². The van der Waals surface area contributed by atoms with Crippen LogP contribution < -0.4 is 5.56 Å². The minimum Gasteiger partial charge on any atom is -0.378 e. The van der Waals surface area contributed by atoms with E-state index < -0.39 is 29.2 Å². The summed E-state index contributed by atoms with van der Waals surface area (Å²) in [6.45, 7) is 0.164. The summed E-state index contributed by atoms with van der Waals surface area (Å²) in [6, 6.07) is 13.2. The van der Waals surface area contributed by atoms with Gasteiger partial charge < -0.3 is 15.0 Å². The predicted molar refractivity (Wildman–Crippen MR) is 112 cm³/mol. The third-order valence-corrected chi connectivity index (χ3v) is 6.42. The van der Waals surface area contributed by atoms with E-state index in [1.807, 2.05) is 30.3 Å². The van der Waals surface area contributed by atoms with E-state index in [4.69, 9.17) is 4.98 Å². The van der Waals surface area contributed by atoms with Crippen LogP contribution in [0.4, 0.5) is 8.78 Å². The van der Waals surface area contributed by atoms with Gasteiger partial charge in [-0.25, -0.2) is 13.8 Å². The lowest BCUT2D eigenvalue weighted by Gasteiger charge is -2.30. The van der Waals surface area contributed by atoms with Crippen LogP contribution in [0.15, 0.2) is 53.3 Å². The van der Waals surface area contributed by atoms with Gasteiger partial charge in [-0.2, -0.15) is 0 Å². The highest BCUT2D eigenvalue weighted by atomic mass is 19.2. The summed E-state index contributed by atoms with van der Waals surface area (Å²) >= 11 is 0. The number of rotatable bonds is 4. The molecule has 2 N–H and O–H groups in total. The Hall–Kier alpha value is -3.39. The summed E-state index contributed by atoms with van der Waals surface area (Å²) < 4.78 is 27.5. The van der Waals surface area contributed by atoms with Crippen LogP contribution in [-0.2, 0) is 23.2 Å². The molecule has 32 heavy (non-hydrogen) atoms. The molecule has 164 valence electrons. The monoisotopic (exact) mass is 437 g/mol. The molecule has 2 aromatic carbocycles. The lowest BCUT2D eigenvalue weighted by molar-refractivity contribution is -0.141. The molecule has 3 aromatic rings. The number of nitrogens with zero attached hydrogens (tertiary/aromatic N) is 2. The van der Waals surface area contributed by atoms with E-state index in [2.05, 4.69) is 4.98 Å². The van der Waals surface area contributed by atoms with Gasteiger partial charge in [0.15, 0.2) is 17.7 Å². The maximum absolute atomic E-state index is 14.0. The van der Waals surface area contributed by atoms with Crippen LogP contribution in [-0.4, -0.2) is 32.4 Å². The Kier molecular flexibility index (Phi) is 4.89. The molecule has 5 rings (SSSR count). The number of aromatic nitrogens is 2. The van der Waals surface area contributed by atoms with Crippen LogP contribution >= 0.6 is 0 Å². The van der Waals surface area contributed by atoms with E-state index in [1.165, 1.54) is 11.0 Å². The first-order valence-corrected chi connectivity index (χ1v) is 10.5. The molecule has 1 aromatic heterocycles. The molecule has 1 saturated carbocycles. The largest absolute Gasteiger partial charge is 0.378 e. The lowest BCUT2D eigenvalue weighted by atomic mass is 9.94. The summed E-state index contributed by atoms with van der Waals surface area (Å²) in [5.41, 5.74) is 1.05. The van der Waals surface area contributed by atoms with Gasteiger partial charge in [0.25, 0.3) is 11.5 Å². The maximum Gasteiger partial charge on any atom is 0.256 e. The number of aromatic amines is 1. The van der Waals surface area contributed by atoms with Crippen LogP contribution in [0, 0.1) is 11.6 Å². The van der Waals surface area contributed by atoms with Crippen LogP contribution in [0.2, 0.25) is 0 Å². The van der Waals surface area contributed by atoms with Gasteiger partial charge >= 0.3 is 0 Å². The molecular weight excluding hydrogens is 416 g/mol. The van der Waals surface area contributed by atoms with Gasteiger partial charge in [0.1, 0.15) is 5.82 Å². The van der Waals surface area contributed by atoms with Crippen LogP contribution in [0.3, 0.4) is 0 Å². The molecule has 1 fully saturated rings. The molecule has 2 aliphatic rings. The molecule has 0 saturated heterocycles. The van der Waals surface area contributed by atoms with E-state index in [0.29, 0.717) is 23.5 Å². The number of halogens is 2. The average Bonchev–Trinajstić information content (AvgIpc) is 3.62. The number of fused-ring (bicyclic) bond motifs is 1. The van der Waals surface area contributed by atoms with Crippen LogP contribution in [0.25, 0.3) is 0 Å². The molecule has 1 aliphatic heterocycles. The zero-order valence-electron chi connectivity index (χ0n) is 17.1. The summed E-state index contributed by atoms with van der Waals surface area (Å²) in [5, 5.41) is 10.3. The first-order valence-electron chi connectivity index (χ1n) is 10.5. The van der Waals surface area contributed by atoms with Gasteiger partial charge in [-0.15, -0.1) is 0 Å². The van der Waals surface area contributed by atoms with Crippen molar-refractivity contribution in [3.8, 4) is 0 Å². The molecular formula is C24H21F2N3O3. The number of carbonyl (C=O) groups is 1. The maximum atomic E-state index is 14.0. The zero-order valence-corrected chi connectivity index (χ0v) is 17.1. The second-order valence-corrected chi connectivity index (χ2v) is 8.34. The second-order valence-electron chi connectivity index (χ2n) is 8.34. The normalized spacial score (nSPS) is 17.5. The fraction of sp³-hybridized carbons (Fsp3) is 0.292. The van der Waals surface area contributed by atoms with Crippen molar-refractivity contribution in [1.82, 2.24) is 14.9 Å². The number of amides is 1. The Bertz CT molecular complexity index is 1260. The van der Waals surface area contributed by atoms with Gasteiger partial charge in [-0.3, -0.25) is 9.59 Å². The van der Waals surface area contributed by atoms with E-state index >= 15 is 0 Å². The number of H-pyrrole nitrogens is 1. The summed E-state index contributed by atoms with van der Waals surface area (Å²) in [7, 11) is 0. The number of carbonyl (C=O) groups excluding carboxylic acids is 1. The van der Waals surface area contributed by atoms with Crippen molar-refractivity contribution in [2.24, 2.45) is 0 Å². The quantitative estimate of drug-likeness (QED) is 0.657. The summed E-state index contributed by atoms with van der Waals surface area (Å²) in [5.74, 6) is -2.55. The molecule has 1 atom stereocenters. The smallest absolute Gasteiger partial charge is 0.256 e. The van der Waals surface area contributed by atoms with Gasteiger partial charge in [-0.05, 0) is 24.5 Å². The first kappa shape index (κ1) is 20.5. The molecule has 1 amide bonds. The Morgan fingerprint density at radius 1 is 1.12 bits per heavy atom. The molecule has 8 heteroatoms. The fourth-order valence-electron chi connectivity index (χ4n) is 4.42. The number of nitrogens with one attached hydrogen (secondary N) is 1. The summed E-state index contributed by atoms with van der Waals surface area (Å²) in [4.78, 5) is 34.6. The third kappa shape index (κ3) is 3.31. The second kappa shape index (κ2) is 7.63. The highest BCUT2D eigenvalue weighted by molar-refractivity contribution is 5.82. The molecule has 0 bridgehead atoms. The Morgan fingerprint density at radius 2 is 1.88 bits per heavy atom. The summed E-state index contributed by atoms with van der Waals surface area (Å²) in [6.07, 6.45) is 0.274. The minimum atomic E-state index is -1.86. The molecule has 0 spiro atoms. The third-order valence-electron chi connectivity index (χ3n) is 6.42. The molecule has 6 nitrogen and oxygen atoms in total.